The van der Waals surface area contributed by atoms with Gasteiger partial charge in [0.2, 0.25) is 5.91 Å². The van der Waals surface area contributed by atoms with Gasteiger partial charge in [0.05, 0.1) is 11.9 Å². The van der Waals surface area contributed by atoms with Crippen molar-refractivity contribution < 1.29 is 9.59 Å². The van der Waals surface area contributed by atoms with Gasteiger partial charge in [0.1, 0.15) is 0 Å². The van der Waals surface area contributed by atoms with Crippen LogP contribution in [0.1, 0.15) is 23.7 Å². The molecular weight excluding hydrogens is 266 g/mol. The second-order valence-corrected chi connectivity index (χ2v) is 4.73. The number of nitrogens with one attached hydrogen (secondary N) is 2. The average Bonchev–Trinajstić information content (AvgIpc) is 2.48. The Morgan fingerprint density at radius 1 is 1.14 bits per heavy atom. The largest absolute Gasteiger partial charge is 0.349 e. The third kappa shape index (κ3) is 4.72. The molecule has 0 bridgehead atoms. The molecule has 2 N–H and O–H groups in total. The molecule has 1 atom stereocenters. The van der Waals surface area contributed by atoms with Crippen molar-refractivity contribution in [3.05, 3.63) is 60.4 Å². The molecule has 0 aliphatic carbocycles. The summed E-state index contributed by atoms with van der Waals surface area (Å²) in [4.78, 5) is 27.7. The number of rotatable bonds is 5. The minimum Gasteiger partial charge on any atom is -0.349 e. The van der Waals surface area contributed by atoms with Crippen LogP contribution in [0.2, 0.25) is 0 Å². The van der Waals surface area contributed by atoms with E-state index in [4.69, 9.17) is 0 Å². The predicted molar refractivity (Wildman–Crippen MR) is 80.9 cm³/mol. The Bertz CT molecular complexity index is 599. The molecule has 0 aliphatic heterocycles. The molecule has 2 amide bonds. The van der Waals surface area contributed by atoms with Crippen molar-refractivity contribution in [2.45, 2.75) is 19.4 Å². The molecular formula is C16H17N3O2. The molecule has 0 saturated carbocycles. The molecule has 2 aromatic rings. The lowest BCUT2D eigenvalue weighted by molar-refractivity contribution is -0.116. The maximum absolute atomic E-state index is 11.9. The maximum Gasteiger partial charge on any atom is 0.251 e. The standard InChI is InChI=1S/C16H17N3O2/c1-12(18-16(21)13-6-3-2-4-7-13)10-15(20)19-14-8-5-9-17-11-14/h2-9,11-12H,10H2,1H3,(H,18,21)(H,19,20)/t12-/m1/s1. The molecule has 108 valence electrons. The highest BCUT2D eigenvalue weighted by molar-refractivity contribution is 5.95. The molecule has 0 unspecified atom stereocenters. The fraction of sp³-hybridized carbons (Fsp3) is 0.188. The summed E-state index contributed by atoms with van der Waals surface area (Å²) >= 11 is 0. The van der Waals surface area contributed by atoms with Gasteiger partial charge in [-0.1, -0.05) is 18.2 Å². The Hall–Kier alpha value is -2.69. The van der Waals surface area contributed by atoms with Gasteiger partial charge in [-0.25, -0.2) is 0 Å². The molecule has 5 nitrogen and oxygen atoms in total. The highest BCUT2D eigenvalue weighted by Gasteiger charge is 2.13. The zero-order chi connectivity index (χ0) is 15.1. The zero-order valence-corrected chi connectivity index (χ0v) is 11.7. The Morgan fingerprint density at radius 2 is 1.90 bits per heavy atom. The van der Waals surface area contributed by atoms with Crippen LogP contribution in [0, 0.1) is 0 Å². The van der Waals surface area contributed by atoms with Crippen LogP contribution in [0.3, 0.4) is 0 Å². The third-order valence-corrected chi connectivity index (χ3v) is 2.85. The predicted octanol–water partition coefficient (Wildman–Crippen LogP) is 2.23. The van der Waals surface area contributed by atoms with Crippen LogP contribution in [0.5, 0.6) is 0 Å². The number of carbonyl (C=O) groups is 2. The van der Waals surface area contributed by atoms with Gasteiger partial charge in [0.25, 0.3) is 5.91 Å². The minimum absolute atomic E-state index is 0.163. The summed E-state index contributed by atoms with van der Waals surface area (Å²) in [5, 5.41) is 5.53. The van der Waals surface area contributed by atoms with E-state index in [9.17, 15) is 9.59 Å². The second kappa shape index (κ2) is 7.19. The van der Waals surface area contributed by atoms with Gasteiger partial charge in [-0.2, -0.15) is 0 Å². The Balaban J connectivity index is 1.83. The number of hydrogen-bond acceptors (Lipinski definition) is 3. The van der Waals surface area contributed by atoms with E-state index >= 15 is 0 Å². The zero-order valence-electron chi connectivity index (χ0n) is 11.7. The van der Waals surface area contributed by atoms with Crippen molar-refractivity contribution in [3.63, 3.8) is 0 Å². The SMILES string of the molecule is C[C@H](CC(=O)Nc1cccnc1)NC(=O)c1ccccc1. The smallest absolute Gasteiger partial charge is 0.251 e. The first-order chi connectivity index (χ1) is 10.1. The number of benzene rings is 1. The first-order valence-corrected chi connectivity index (χ1v) is 6.71. The summed E-state index contributed by atoms with van der Waals surface area (Å²) in [6.07, 6.45) is 3.41. The van der Waals surface area contributed by atoms with Gasteiger partial charge < -0.3 is 10.6 Å². The van der Waals surface area contributed by atoms with E-state index in [2.05, 4.69) is 15.6 Å². The van der Waals surface area contributed by atoms with Crippen LogP contribution < -0.4 is 10.6 Å². The quantitative estimate of drug-likeness (QED) is 0.884. The summed E-state index contributed by atoms with van der Waals surface area (Å²) < 4.78 is 0. The molecule has 0 aliphatic rings. The van der Waals surface area contributed by atoms with Gasteiger partial charge in [0.15, 0.2) is 0 Å². The number of anilines is 1. The Kier molecular flexibility index (Phi) is 5.04. The van der Waals surface area contributed by atoms with E-state index in [1.165, 1.54) is 0 Å². The van der Waals surface area contributed by atoms with Crippen molar-refractivity contribution in [2.75, 3.05) is 5.32 Å². The molecule has 5 heteroatoms. The van der Waals surface area contributed by atoms with E-state index in [-0.39, 0.29) is 24.3 Å². The molecule has 0 radical (unpaired) electrons. The minimum atomic E-state index is -0.255. The lowest BCUT2D eigenvalue weighted by atomic mass is 10.1. The number of aromatic nitrogens is 1. The first-order valence-electron chi connectivity index (χ1n) is 6.71. The second-order valence-electron chi connectivity index (χ2n) is 4.73. The van der Waals surface area contributed by atoms with Crippen LogP contribution in [-0.2, 0) is 4.79 Å². The summed E-state index contributed by atoms with van der Waals surface area (Å²) in [7, 11) is 0. The molecule has 21 heavy (non-hydrogen) atoms. The lowest BCUT2D eigenvalue weighted by Gasteiger charge is -2.13. The Morgan fingerprint density at radius 3 is 2.57 bits per heavy atom. The number of hydrogen-bond donors (Lipinski definition) is 2. The van der Waals surface area contributed by atoms with Crippen molar-refractivity contribution in [3.8, 4) is 0 Å². The highest BCUT2D eigenvalue weighted by atomic mass is 16.2. The van der Waals surface area contributed by atoms with Crippen LogP contribution in [0.25, 0.3) is 0 Å². The van der Waals surface area contributed by atoms with E-state index in [0.29, 0.717) is 11.3 Å². The Labute approximate surface area is 123 Å². The molecule has 1 heterocycles. The van der Waals surface area contributed by atoms with Gasteiger partial charge in [-0.05, 0) is 31.2 Å². The van der Waals surface area contributed by atoms with Crippen LogP contribution in [-0.4, -0.2) is 22.8 Å². The van der Waals surface area contributed by atoms with Crippen molar-refractivity contribution in [2.24, 2.45) is 0 Å². The number of nitrogens with zero attached hydrogens (tertiary/aromatic N) is 1. The van der Waals surface area contributed by atoms with E-state index < -0.39 is 0 Å². The molecule has 0 saturated heterocycles. The van der Waals surface area contributed by atoms with Gasteiger partial charge in [0, 0.05) is 24.2 Å². The first kappa shape index (κ1) is 14.7. The normalized spacial score (nSPS) is 11.5. The summed E-state index contributed by atoms with van der Waals surface area (Å²) in [5.41, 5.74) is 1.22. The third-order valence-electron chi connectivity index (χ3n) is 2.85. The fourth-order valence-electron chi connectivity index (χ4n) is 1.87. The molecule has 0 spiro atoms. The summed E-state index contributed by atoms with van der Waals surface area (Å²) in [6, 6.07) is 12.2. The van der Waals surface area contributed by atoms with E-state index in [1.54, 1.807) is 55.7 Å². The monoisotopic (exact) mass is 283 g/mol. The van der Waals surface area contributed by atoms with Crippen molar-refractivity contribution in [1.82, 2.24) is 10.3 Å². The molecule has 1 aromatic heterocycles. The van der Waals surface area contributed by atoms with Gasteiger partial charge >= 0.3 is 0 Å². The molecule has 2 rings (SSSR count). The topological polar surface area (TPSA) is 71.1 Å². The lowest BCUT2D eigenvalue weighted by Crippen LogP contribution is -2.35. The van der Waals surface area contributed by atoms with Crippen molar-refractivity contribution >= 4 is 17.5 Å². The van der Waals surface area contributed by atoms with E-state index in [1.807, 2.05) is 6.07 Å². The van der Waals surface area contributed by atoms with E-state index in [0.717, 1.165) is 0 Å². The number of amides is 2. The van der Waals surface area contributed by atoms with Gasteiger partial charge in [-0.3, -0.25) is 14.6 Å². The number of carbonyl (C=O) groups excluding carboxylic acids is 2. The van der Waals surface area contributed by atoms with Gasteiger partial charge in [-0.15, -0.1) is 0 Å². The summed E-state index contributed by atoms with van der Waals surface area (Å²) in [6.45, 7) is 1.80. The highest BCUT2D eigenvalue weighted by Crippen LogP contribution is 2.05. The van der Waals surface area contributed by atoms with Crippen LogP contribution in [0.4, 0.5) is 5.69 Å². The molecule has 0 fully saturated rings. The average molecular weight is 283 g/mol. The van der Waals surface area contributed by atoms with Crippen LogP contribution >= 0.6 is 0 Å². The van der Waals surface area contributed by atoms with Crippen LogP contribution in [0.15, 0.2) is 54.9 Å². The summed E-state index contributed by atoms with van der Waals surface area (Å²) in [5.74, 6) is -0.346. The fourth-order valence-corrected chi connectivity index (χ4v) is 1.87. The maximum atomic E-state index is 11.9. The number of pyridine rings is 1. The van der Waals surface area contributed by atoms with Crippen molar-refractivity contribution in [1.29, 1.82) is 0 Å². The molecule has 1 aromatic carbocycles.